The van der Waals surface area contributed by atoms with Crippen LogP contribution in [0, 0.1) is 5.92 Å². The van der Waals surface area contributed by atoms with Crippen molar-refractivity contribution in [2.75, 3.05) is 0 Å². The number of nitrogens with two attached hydrogens (primary N) is 1. The van der Waals surface area contributed by atoms with Gasteiger partial charge in [0, 0.05) is 17.1 Å². The van der Waals surface area contributed by atoms with Crippen LogP contribution < -0.4 is 16.7 Å². The summed E-state index contributed by atoms with van der Waals surface area (Å²) in [6.07, 6.45) is -9.92. The number of carbonyl (C=O) groups excluding carboxylic acids is 2. The number of hydrogen-bond acceptors (Lipinski definition) is 4. The topological polar surface area (TPSA) is 112 Å². The summed E-state index contributed by atoms with van der Waals surface area (Å²) >= 11 is 5.87. The second-order valence-electron chi connectivity index (χ2n) is 9.36. The van der Waals surface area contributed by atoms with E-state index in [2.05, 4.69) is 10.4 Å². The molecule has 0 spiro atoms. The Morgan fingerprint density at radius 3 is 2.20 bits per heavy atom. The van der Waals surface area contributed by atoms with Gasteiger partial charge in [0.25, 0.3) is 0 Å². The fraction of sp³-hybridized carbons (Fsp3) is 0.360. The van der Waals surface area contributed by atoms with Gasteiger partial charge in [-0.3, -0.25) is 14.2 Å². The monoisotopic (exact) mass is 589 g/mol. The van der Waals surface area contributed by atoms with Crippen LogP contribution in [-0.2, 0) is 34.4 Å². The van der Waals surface area contributed by atoms with Crippen molar-refractivity contribution >= 4 is 23.4 Å². The lowest BCUT2D eigenvalue weighted by molar-refractivity contribution is -0.138. The van der Waals surface area contributed by atoms with Crippen molar-refractivity contribution in [3.63, 3.8) is 0 Å². The van der Waals surface area contributed by atoms with Crippen molar-refractivity contribution in [1.82, 2.24) is 19.7 Å². The van der Waals surface area contributed by atoms with E-state index in [9.17, 15) is 40.7 Å². The van der Waals surface area contributed by atoms with Crippen molar-refractivity contribution in [3.8, 4) is 11.4 Å². The highest BCUT2D eigenvalue weighted by Gasteiger charge is 2.53. The van der Waals surface area contributed by atoms with Gasteiger partial charge in [-0.05, 0) is 60.7 Å². The number of alkyl halides is 6. The van der Waals surface area contributed by atoms with Gasteiger partial charge in [0.2, 0.25) is 11.8 Å². The molecule has 3 aromatic rings. The molecule has 1 saturated carbocycles. The molecule has 1 atom stereocenters. The van der Waals surface area contributed by atoms with Gasteiger partial charge in [-0.2, -0.15) is 26.3 Å². The van der Waals surface area contributed by atoms with Crippen LogP contribution in [0.15, 0.2) is 53.3 Å². The number of hydrogen-bond donors (Lipinski definition) is 2. The minimum atomic E-state index is -4.73. The molecule has 4 rings (SSSR count). The number of aromatic nitrogens is 3. The standard InChI is InChI=1S/C25H22ClF6N5O3/c26-18-8-4-14(5-9-18)20-35-37(22(40)36(20)11-10-23(27,28)29)13-19(38)34-24(21(33)39,15-6-7-15)16-2-1-3-17(12-16)25(30,31)32/h1-5,8-9,12,15H,6-7,10-11,13H2,(H2,33,39)(H,34,38). The number of rotatable bonds is 9. The third kappa shape index (κ3) is 6.16. The lowest BCUT2D eigenvalue weighted by atomic mass is 9.83. The lowest BCUT2D eigenvalue weighted by Gasteiger charge is -2.33. The van der Waals surface area contributed by atoms with Gasteiger partial charge in [0.15, 0.2) is 5.82 Å². The second kappa shape index (κ2) is 10.6. The first kappa shape index (κ1) is 29.2. The molecule has 1 unspecified atom stereocenters. The third-order valence-corrected chi connectivity index (χ3v) is 6.75. The van der Waals surface area contributed by atoms with Crippen LogP contribution in [0.3, 0.4) is 0 Å². The molecular formula is C25H22ClF6N5O3. The highest BCUT2D eigenvalue weighted by atomic mass is 35.5. The number of nitrogens with zero attached hydrogens (tertiary/aromatic N) is 3. The number of carbonyl (C=O) groups is 2. The van der Waals surface area contributed by atoms with E-state index >= 15 is 0 Å². The molecule has 1 aliphatic carbocycles. The number of halogens is 7. The molecule has 0 bridgehead atoms. The molecule has 1 aliphatic rings. The zero-order valence-corrected chi connectivity index (χ0v) is 21.3. The first-order chi connectivity index (χ1) is 18.6. The highest BCUT2D eigenvalue weighted by molar-refractivity contribution is 6.30. The van der Waals surface area contributed by atoms with Gasteiger partial charge in [-0.1, -0.05) is 23.7 Å². The van der Waals surface area contributed by atoms with Gasteiger partial charge >= 0.3 is 18.0 Å². The molecule has 40 heavy (non-hydrogen) atoms. The number of amides is 2. The Kier molecular flexibility index (Phi) is 7.76. The molecule has 2 amide bonds. The van der Waals surface area contributed by atoms with Crippen molar-refractivity contribution in [2.45, 2.75) is 50.2 Å². The molecule has 3 N–H and O–H groups in total. The van der Waals surface area contributed by atoms with Gasteiger partial charge in [-0.15, -0.1) is 5.10 Å². The Bertz CT molecular complexity index is 1480. The molecule has 0 saturated heterocycles. The van der Waals surface area contributed by atoms with E-state index in [1.807, 2.05) is 0 Å². The van der Waals surface area contributed by atoms with E-state index in [0.29, 0.717) is 22.5 Å². The molecule has 1 fully saturated rings. The van der Waals surface area contributed by atoms with Crippen molar-refractivity contribution in [3.05, 3.63) is 75.2 Å². The molecule has 214 valence electrons. The first-order valence-corrected chi connectivity index (χ1v) is 12.3. The Morgan fingerprint density at radius 2 is 1.65 bits per heavy atom. The van der Waals surface area contributed by atoms with Gasteiger partial charge < -0.3 is 11.1 Å². The van der Waals surface area contributed by atoms with Crippen LogP contribution in [0.2, 0.25) is 5.02 Å². The highest BCUT2D eigenvalue weighted by Crippen LogP contribution is 2.46. The zero-order valence-electron chi connectivity index (χ0n) is 20.5. The maximum atomic E-state index is 13.4. The quantitative estimate of drug-likeness (QED) is 0.364. The summed E-state index contributed by atoms with van der Waals surface area (Å²) in [6, 6.07) is 9.56. The summed E-state index contributed by atoms with van der Waals surface area (Å²) in [4.78, 5) is 38.9. The Morgan fingerprint density at radius 1 is 1.02 bits per heavy atom. The molecule has 1 aromatic heterocycles. The Hall–Kier alpha value is -3.81. The maximum Gasteiger partial charge on any atom is 0.416 e. The summed E-state index contributed by atoms with van der Waals surface area (Å²) in [5.41, 5.74) is 1.58. The second-order valence-corrected chi connectivity index (χ2v) is 9.80. The Balaban J connectivity index is 1.69. The SMILES string of the molecule is NC(=O)C(NC(=O)Cn1nc(-c2ccc(Cl)cc2)n(CCC(F)(F)F)c1=O)(c1cccc(C(F)(F)F)c1)C1CC1. The first-order valence-electron chi connectivity index (χ1n) is 11.9. The predicted octanol–water partition coefficient (Wildman–Crippen LogP) is 4.24. The van der Waals surface area contributed by atoms with Crippen LogP contribution in [0.4, 0.5) is 26.3 Å². The van der Waals surface area contributed by atoms with Crippen molar-refractivity contribution in [1.29, 1.82) is 0 Å². The fourth-order valence-electron chi connectivity index (χ4n) is 4.46. The minimum Gasteiger partial charge on any atom is -0.367 e. The summed E-state index contributed by atoms with van der Waals surface area (Å²) < 4.78 is 80.3. The number of nitrogens with one attached hydrogen (secondary N) is 1. The fourth-order valence-corrected chi connectivity index (χ4v) is 4.59. The van der Waals surface area contributed by atoms with Crippen molar-refractivity contribution < 1.29 is 35.9 Å². The van der Waals surface area contributed by atoms with Crippen LogP contribution in [0.5, 0.6) is 0 Å². The summed E-state index contributed by atoms with van der Waals surface area (Å²) in [5, 5.41) is 6.77. The van der Waals surface area contributed by atoms with Gasteiger partial charge in [-0.25, -0.2) is 9.48 Å². The van der Waals surface area contributed by atoms with Crippen LogP contribution in [0.25, 0.3) is 11.4 Å². The largest absolute Gasteiger partial charge is 0.416 e. The van der Waals surface area contributed by atoms with E-state index in [0.717, 1.165) is 22.8 Å². The van der Waals surface area contributed by atoms with Crippen LogP contribution in [-0.4, -0.2) is 32.3 Å². The average molecular weight is 590 g/mol. The maximum absolute atomic E-state index is 13.4. The van der Waals surface area contributed by atoms with E-state index < -0.39 is 66.4 Å². The third-order valence-electron chi connectivity index (χ3n) is 6.50. The van der Waals surface area contributed by atoms with E-state index in [4.69, 9.17) is 17.3 Å². The number of primary amides is 1. The molecule has 8 nitrogen and oxygen atoms in total. The predicted molar refractivity (Wildman–Crippen MR) is 131 cm³/mol. The molecule has 15 heteroatoms. The number of benzene rings is 2. The molecule has 0 radical (unpaired) electrons. The van der Waals surface area contributed by atoms with E-state index in [-0.39, 0.29) is 17.0 Å². The van der Waals surface area contributed by atoms with Crippen LogP contribution >= 0.6 is 11.6 Å². The zero-order chi connectivity index (χ0) is 29.5. The van der Waals surface area contributed by atoms with Gasteiger partial charge in [0.1, 0.15) is 12.1 Å². The average Bonchev–Trinajstić information content (AvgIpc) is 3.66. The van der Waals surface area contributed by atoms with E-state index in [1.165, 1.54) is 30.3 Å². The minimum absolute atomic E-state index is 0.167. The molecule has 1 heterocycles. The molecule has 0 aliphatic heterocycles. The van der Waals surface area contributed by atoms with Crippen LogP contribution in [0.1, 0.15) is 30.4 Å². The summed E-state index contributed by atoms with van der Waals surface area (Å²) in [5.74, 6) is -2.89. The normalized spacial score (nSPS) is 15.5. The molecular weight excluding hydrogens is 568 g/mol. The summed E-state index contributed by atoms with van der Waals surface area (Å²) in [6.45, 7) is -1.64. The lowest BCUT2D eigenvalue weighted by Crippen LogP contribution is -2.57. The van der Waals surface area contributed by atoms with Crippen molar-refractivity contribution in [2.24, 2.45) is 11.7 Å². The smallest absolute Gasteiger partial charge is 0.367 e. The molecule has 2 aromatic carbocycles. The summed E-state index contributed by atoms with van der Waals surface area (Å²) in [7, 11) is 0. The Labute approximate surface area is 227 Å². The van der Waals surface area contributed by atoms with Gasteiger partial charge in [0.05, 0.1) is 12.0 Å². The van der Waals surface area contributed by atoms with E-state index in [1.54, 1.807) is 0 Å².